The average Bonchev–Trinajstić information content (AvgIpc) is 3.08. The van der Waals surface area contributed by atoms with Crippen LogP contribution in [0.2, 0.25) is 0 Å². The van der Waals surface area contributed by atoms with Crippen LogP contribution in [-0.4, -0.2) is 43.0 Å². The van der Waals surface area contributed by atoms with Gasteiger partial charge in [0.1, 0.15) is 12.4 Å². The van der Waals surface area contributed by atoms with E-state index in [1.165, 1.54) is 12.1 Å². The molecule has 0 bridgehead atoms. The molecule has 0 saturated carbocycles. The van der Waals surface area contributed by atoms with E-state index in [1.807, 2.05) is 39.0 Å². The molecule has 0 unspecified atom stereocenters. The maximum absolute atomic E-state index is 12.5. The zero-order chi connectivity index (χ0) is 21.6. The van der Waals surface area contributed by atoms with Gasteiger partial charge >= 0.3 is 0 Å². The van der Waals surface area contributed by atoms with Crippen LogP contribution < -0.4 is 9.46 Å². The number of aryl methyl sites for hydroxylation is 2. The molecule has 0 radical (unpaired) electrons. The van der Waals surface area contributed by atoms with Crippen molar-refractivity contribution in [1.29, 1.82) is 0 Å². The maximum atomic E-state index is 12.5. The summed E-state index contributed by atoms with van der Waals surface area (Å²) in [5, 5.41) is 4.40. The Morgan fingerprint density at radius 3 is 2.43 bits per heavy atom. The molecule has 2 aromatic heterocycles. The van der Waals surface area contributed by atoms with Crippen molar-refractivity contribution in [2.45, 2.75) is 32.2 Å². The highest BCUT2D eigenvalue weighted by atomic mass is 32.2. The lowest BCUT2D eigenvalue weighted by Crippen LogP contribution is -2.23. The Morgan fingerprint density at radius 1 is 1.07 bits per heavy atom. The minimum atomic E-state index is -3.65. The summed E-state index contributed by atoms with van der Waals surface area (Å²) >= 11 is 0. The van der Waals surface area contributed by atoms with E-state index in [0.717, 1.165) is 17.0 Å². The van der Waals surface area contributed by atoms with E-state index in [1.54, 1.807) is 23.0 Å². The van der Waals surface area contributed by atoms with Crippen molar-refractivity contribution in [2.75, 3.05) is 19.8 Å². The van der Waals surface area contributed by atoms with E-state index in [9.17, 15) is 8.42 Å². The van der Waals surface area contributed by atoms with Gasteiger partial charge in [-0.2, -0.15) is 5.10 Å². The van der Waals surface area contributed by atoms with Crippen molar-refractivity contribution < 1.29 is 17.9 Å². The van der Waals surface area contributed by atoms with Gasteiger partial charge in [-0.25, -0.2) is 22.8 Å². The fraction of sp³-hybridized carbons (Fsp3) is 0.333. The SMILES string of the molecule is CCOCCOc1ccc(S(=O)(=O)NCc2ccc(-n3nc(C)cc3C)nc2)cc1. The Hall–Kier alpha value is -2.75. The summed E-state index contributed by atoms with van der Waals surface area (Å²) in [6.07, 6.45) is 1.64. The molecule has 3 aromatic rings. The molecule has 2 heterocycles. The van der Waals surface area contributed by atoms with E-state index in [2.05, 4.69) is 14.8 Å². The molecule has 0 aliphatic carbocycles. The molecule has 160 valence electrons. The van der Waals surface area contributed by atoms with Crippen LogP contribution in [0.3, 0.4) is 0 Å². The van der Waals surface area contributed by atoms with Gasteiger partial charge in [-0.3, -0.25) is 0 Å². The number of hydrogen-bond acceptors (Lipinski definition) is 6. The average molecular weight is 431 g/mol. The number of hydrogen-bond donors (Lipinski definition) is 1. The van der Waals surface area contributed by atoms with Crippen molar-refractivity contribution >= 4 is 10.0 Å². The molecule has 9 heteroatoms. The lowest BCUT2D eigenvalue weighted by Gasteiger charge is -2.09. The smallest absolute Gasteiger partial charge is 0.240 e. The van der Waals surface area contributed by atoms with Crippen LogP contribution in [0.5, 0.6) is 5.75 Å². The number of rotatable bonds is 10. The van der Waals surface area contributed by atoms with Gasteiger partial charge in [-0.05, 0) is 62.7 Å². The van der Waals surface area contributed by atoms with E-state index < -0.39 is 10.0 Å². The van der Waals surface area contributed by atoms with Crippen molar-refractivity contribution in [3.05, 3.63) is 65.6 Å². The van der Waals surface area contributed by atoms with Crippen LogP contribution in [0.25, 0.3) is 5.82 Å². The van der Waals surface area contributed by atoms with Crippen LogP contribution in [0.15, 0.2) is 53.6 Å². The van der Waals surface area contributed by atoms with Crippen LogP contribution >= 0.6 is 0 Å². The van der Waals surface area contributed by atoms with Gasteiger partial charge < -0.3 is 9.47 Å². The fourth-order valence-corrected chi connectivity index (χ4v) is 3.86. The van der Waals surface area contributed by atoms with Crippen molar-refractivity contribution in [2.24, 2.45) is 0 Å². The zero-order valence-electron chi connectivity index (χ0n) is 17.3. The largest absolute Gasteiger partial charge is 0.491 e. The highest BCUT2D eigenvalue weighted by Gasteiger charge is 2.14. The molecule has 0 aliphatic rings. The summed E-state index contributed by atoms with van der Waals surface area (Å²) in [5.41, 5.74) is 2.65. The second kappa shape index (κ2) is 9.84. The third-order valence-electron chi connectivity index (χ3n) is 4.34. The van der Waals surface area contributed by atoms with Crippen molar-refractivity contribution in [3.63, 3.8) is 0 Å². The van der Waals surface area contributed by atoms with Crippen LogP contribution in [0, 0.1) is 13.8 Å². The Kier molecular flexibility index (Phi) is 7.20. The summed E-state index contributed by atoms with van der Waals surface area (Å²) < 4.78 is 40.1. The third-order valence-corrected chi connectivity index (χ3v) is 5.75. The number of nitrogens with zero attached hydrogens (tertiary/aromatic N) is 3. The molecule has 0 spiro atoms. The topological polar surface area (TPSA) is 95.3 Å². The first-order valence-corrected chi connectivity index (χ1v) is 11.2. The predicted octanol–water partition coefficient (Wildman–Crippen LogP) is 2.78. The molecule has 0 amide bonds. The highest BCUT2D eigenvalue weighted by Crippen LogP contribution is 2.16. The monoisotopic (exact) mass is 430 g/mol. The minimum Gasteiger partial charge on any atom is -0.491 e. The molecule has 30 heavy (non-hydrogen) atoms. The molecule has 0 atom stereocenters. The van der Waals surface area contributed by atoms with Gasteiger partial charge in [-0.15, -0.1) is 0 Å². The van der Waals surface area contributed by atoms with Gasteiger partial charge in [0.2, 0.25) is 10.0 Å². The number of pyridine rings is 1. The minimum absolute atomic E-state index is 0.138. The third kappa shape index (κ3) is 5.65. The second-order valence-electron chi connectivity index (χ2n) is 6.70. The Balaban J connectivity index is 1.58. The molecular formula is C21H26N4O4S. The van der Waals surface area contributed by atoms with E-state index in [-0.39, 0.29) is 11.4 Å². The zero-order valence-corrected chi connectivity index (χ0v) is 18.1. The maximum Gasteiger partial charge on any atom is 0.240 e. The number of nitrogens with one attached hydrogen (secondary N) is 1. The molecule has 1 aromatic carbocycles. The lowest BCUT2D eigenvalue weighted by molar-refractivity contribution is 0.110. The number of sulfonamides is 1. The standard InChI is InChI=1S/C21H26N4O4S/c1-4-28-11-12-29-19-6-8-20(9-7-19)30(26,27)23-15-18-5-10-21(22-14-18)25-17(3)13-16(2)24-25/h5-10,13-14,23H,4,11-12,15H2,1-3H3. The number of aromatic nitrogens is 3. The predicted molar refractivity (Wildman–Crippen MR) is 113 cm³/mol. The molecule has 8 nitrogen and oxygen atoms in total. The van der Waals surface area contributed by atoms with Gasteiger partial charge in [0.25, 0.3) is 0 Å². The van der Waals surface area contributed by atoms with Crippen molar-refractivity contribution in [3.8, 4) is 11.6 Å². The van der Waals surface area contributed by atoms with Crippen LogP contribution in [0.1, 0.15) is 23.9 Å². The Bertz CT molecular complexity index is 1060. The molecule has 0 saturated heterocycles. The summed E-state index contributed by atoms with van der Waals surface area (Å²) in [6.45, 7) is 7.47. The number of ether oxygens (including phenoxy) is 2. The first-order chi connectivity index (χ1) is 14.4. The summed E-state index contributed by atoms with van der Waals surface area (Å²) in [4.78, 5) is 4.56. The Morgan fingerprint density at radius 2 is 1.83 bits per heavy atom. The Labute approximate surface area is 176 Å². The van der Waals surface area contributed by atoms with Crippen molar-refractivity contribution in [1.82, 2.24) is 19.5 Å². The number of benzene rings is 1. The summed E-state index contributed by atoms with van der Waals surface area (Å²) in [7, 11) is -3.65. The molecule has 0 fully saturated rings. The lowest BCUT2D eigenvalue weighted by atomic mass is 10.3. The highest BCUT2D eigenvalue weighted by molar-refractivity contribution is 7.89. The quantitative estimate of drug-likeness (QED) is 0.497. The summed E-state index contributed by atoms with van der Waals surface area (Å²) in [6, 6.07) is 11.9. The molecule has 1 N–H and O–H groups in total. The summed E-state index contributed by atoms with van der Waals surface area (Å²) in [5.74, 6) is 1.28. The second-order valence-corrected chi connectivity index (χ2v) is 8.47. The van der Waals surface area contributed by atoms with Gasteiger partial charge in [-0.1, -0.05) is 6.07 Å². The van der Waals surface area contributed by atoms with Gasteiger partial charge in [0.15, 0.2) is 5.82 Å². The fourth-order valence-electron chi connectivity index (χ4n) is 2.85. The van der Waals surface area contributed by atoms with E-state index in [0.29, 0.717) is 31.4 Å². The van der Waals surface area contributed by atoms with Gasteiger partial charge in [0, 0.05) is 25.0 Å². The van der Waals surface area contributed by atoms with Crippen LogP contribution in [0.4, 0.5) is 0 Å². The van der Waals surface area contributed by atoms with E-state index in [4.69, 9.17) is 9.47 Å². The normalized spacial score (nSPS) is 11.6. The molecule has 0 aliphatic heterocycles. The first kappa shape index (κ1) is 21.9. The first-order valence-electron chi connectivity index (χ1n) is 9.68. The molecular weight excluding hydrogens is 404 g/mol. The van der Waals surface area contributed by atoms with E-state index >= 15 is 0 Å². The molecule has 3 rings (SSSR count). The van der Waals surface area contributed by atoms with Crippen LogP contribution in [-0.2, 0) is 21.3 Å². The van der Waals surface area contributed by atoms with Gasteiger partial charge in [0.05, 0.1) is 17.2 Å².